The number of quaternary nitrogens is 1. The number of carboxylic acid groups (broad SMARTS) is 1. The molecular formula is C83H162NO8+. The van der Waals surface area contributed by atoms with E-state index in [1.165, 1.54) is 379 Å². The molecule has 2 atom stereocenters. The van der Waals surface area contributed by atoms with E-state index in [0.717, 1.165) is 38.5 Å². The van der Waals surface area contributed by atoms with E-state index in [1.807, 2.05) is 21.1 Å². The van der Waals surface area contributed by atoms with Gasteiger partial charge in [-0.2, -0.15) is 0 Å². The Morgan fingerprint density at radius 1 is 0.315 bits per heavy atom. The third-order valence-electron chi connectivity index (χ3n) is 19.3. The quantitative estimate of drug-likeness (QED) is 0.0211. The van der Waals surface area contributed by atoms with Gasteiger partial charge >= 0.3 is 17.9 Å². The molecule has 9 nitrogen and oxygen atoms in total. The number of esters is 2. The van der Waals surface area contributed by atoms with Crippen molar-refractivity contribution in [1.29, 1.82) is 0 Å². The maximum absolute atomic E-state index is 13.0. The average Bonchev–Trinajstić information content (AvgIpc) is 3.70. The summed E-state index contributed by atoms with van der Waals surface area (Å²) in [6.07, 6.45) is 91.0. The van der Waals surface area contributed by atoms with Crippen LogP contribution >= 0.6 is 0 Å². The first-order valence-corrected chi connectivity index (χ1v) is 41.4. The van der Waals surface area contributed by atoms with Crippen molar-refractivity contribution in [3.8, 4) is 0 Å². The van der Waals surface area contributed by atoms with E-state index in [1.54, 1.807) is 0 Å². The minimum absolute atomic E-state index is 0.173. The fraction of sp³-hybridized carbons (Fsp3) is 0.940. The fourth-order valence-corrected chi connectivity index (χ4v) is 13.0. The first-order valence-electron chi connectivity index (χ1n) is 41.4. The third-order valence-corrected chi connectivity index (χ3v) is 19.3. The Balaban J connectivity index is 3.94. The van der Waals surface area contributed by atoms with Gasteiger partial charge in [-0.3, -0.25) is 9.59 Å². The molecule has 0 saturated carbocycles. The van der Waals surface area contributed by atoms with Crippen LogP contribution in [-0.2, 0) is 33.3 Å². The highest BCUT2D eigenvalue weighted by molar-refractivity contribution is 5.71. The summed E-state index contributed by atoms with van der Waals surface area (Å²) < 4.78 is 23.1. The largest absolute Gasteiger partial charge is 0.477 e. The molecule has 0 aliphatic carbocycles. The second kappa shape index (κ2) is 74.8. The van der Waals surface area contributed by atoms with Crippen molar-refractivity contribution < 1.29 is 42.9 Å². The van der Waals surface area contributed by atoms with E-state index in [2.05, 4.69) is 26.0 Å². The molecule has 0 aliphatic rings. The van der Waals surface area contributed by atoms with Gasteiger partial charge in [0.05, 0.1) is 34.4 Å². The molecule has 0 rings (SSSR count). The number of ether oxygens (including phenoxy) is 4. The number of nitrogens with zero attached hydrogens (tertiary/aromatic N) is 1. The monoisotopic (exact) mass is 1300 g/mol. The Kier molecular flexibility index (Phi) is 73.2. The van der Waals surface area contributed by atoms with Crippen LogP contribution in [0.1, 0.15) is 444 Å². The molecule has 0 fully saturated rings. The van der Waals surface area contributed by atoms with Gasteiger partial charge in [-0.1, -0.05) is 405 Å². The van der Waals surface area contributed by atoms with Crippen molar-refractivity contribution in [3.63, 3.8) is 0 Å². The maximum Gasteiger partial charge on any atom is 0.361 e. The van der Waals surface area contributed by atoms with Gasteiger partial charge in [0.15, 0.2) is 6.10 Å². The Labute approximate surface area is 574 Å². The van der Waals surface area contributed by atoms with Crippen LogP contribution in [0.2, 0.25) is 0 Å². The molecule has 546 valence electrons. The predicted octanol–water partition coefficient (Wildman–Crippen LogP) is 26.3. The number of hydrogen-bond acceptors (Lipinski definition) is 7. The number of allylic oxidation sites excluding steroid dienone is 2. The lowest BCUT2D eigenvalue weighted by molar-refractivity contribution is -0.870. The molecule has 92 heavy (non-hydrogen) atoms. The van der Waals surface area contributed by atoms with E-state index in [0.29, 0.717) is 17.4 Å². The molecule has 0 aliphatic heterocycles. The summed E-state index contributed by atoms with van der Waals surface area (Å²) in [4.78, 5) is 37.7. The number of likely N-dealkylation sites (N-methyl/N-ethyl adjacent to an activating group) is 1. The fourth-order valence-electron chi connectivity index (χ4n) is 13.0. The van der Waals surface area contributed by atoms with Gasteiger partial charge in [-0.15, -0.1) is 0 Å². The molecule has 0 radical (unpaired) electrons. The van der Waals surface area contributed by atoms with Crippen LogP contribution in [0.15, 0.2) is 12.2 Å². The number of unbranched alkanes of at least 4 members (excludes halogenated alkanes) is 62. The maximum atomic E-state index is 13.0. The summed E-state index contributed by atoms with van der Waals surface area (Å²) in [6.45, 7) is 4.98. The Bertz CT molecular complexity index is 1510. The van der Waals surface area contributed by atoms with Crippen LogP contribution in [0.5, 0.6) is 0 Å². The van der Waals surface area contributed by atoms with Crippen LogP contribution in [0.3, 0.4) is 0 Å². The average molecular weight is 1300 g/mol. The van der Waals surface area contributed by atoms with Crippen molar-refractivity contribution in [2.24, 2.45) is 0 Å². The number of carbonyl (C=O) groups is 3. The first-order chi connectivity index (χ1) is 45.1. The van der Waals surface area contributed by atoms with Gasteiger partial charge in [0, 0.05) is 12.8 Å². The molecule has 1 N–H and O–H groups in total. The molecule has 0 aromatic carbocycles. The number of carbonyl (C=O) groups excluding carboxylic acids is 2. The van der Waals surface area contributed by atoms with Gasteiger partial charge in [0.1, 0.15) is 13.2 Å². The van der Waals surface area contributed by atoms with Crippen molar-refractivity contribution in [3.05, 3.63) is 12.2 Å². The zero-order valence-corrected chi connectivity index (χ0v) is 62.8. The first kappa shape index (κ1) is 90.0. The minimum atomic E-state index is -1.51. The van der Waals surface area contributed by atoms with Gasteiger partial charge < -0.3 is 28.5 Å². The van der Waals surface area contributed by atoms with Crippen molar-refractivity contribution >= 4 is 17.9 Å². The predicted molar refractivity (Wildman–Crippen MR) is 397 cm³/mol. The zero-order valence-electron chi connectivity index (χ0n) is 62.8. The van der Waals surface area contributed by atoms with E-state index >= 15 is 0 Å². The number of aliphatic carboxylic acids is 1. The summed E-state index contributed by atoms with van der Waals surface area (Å²) in [7, 11) is 6.00. The highest BCUT2D eigenvalue weighted by Crippen LogP contribution is 2.21. The van der Waals surface area contributed by atoms with Crippen molar-refractivity contribution in [2.45, 2.75) is 456 Å². The Morgan fingerprint density at radius 2 is 0.554 bits per heavy atom. The lowest BCUT2D eigenvalue weighted by Gasteiger charge is -2.25. The number of carboxylic acids is 1. The highest BCUT2D eigenvalue weighted by atomic mass is 16.7. The Morgan fingerprint density at radius 3 is 0.804 bits per heavy atom. The summed E-state index contributed by atoms with van der Waals surface area (Å²) in [5, 5.41) is 9.78. The van der Waals surface area contributed by atoms with Crippen molar-refractivity contribution in [2.75, 3.05) is 47.5 Å². The summed E-state index contributed by atoms with van der Waals surface area (Å²) in [5.74, 6) is -1.96. The lowest BCUT2D eigenvalue weighted by Crippen LogP contribution is -2.40. The van der Waals surface area contributed by atoms with Crippen LogP contribution in [0.25, 0.3) is 0 Å². The Hall–Kier alpha value is -1.97. The van der Waals surface area contributed by atoms with Gasteiger partial charge in [-0.05, 0) is 38.5 Å². The molecule has 0 spiro atoms. The van der Waals surface area contributed by atoms with Crippen LogP contribution < -0.4 is 0 Å². The van der Waals surface area contributed by atoms with Crippen LogP contribution in [0.4, 0.5) is 0 Å². The molecule has 9 heteroatoms. The van der Waals surface area contributed by atoms with Crippen LogP contribution in [-0.4, -0.2) is 87.4 Å². The van der Waals surface area contributed by atoms with E-state index in [-0.39, 0.29) is 38.2 Å². The standard InChI is InChI=1S/C83H161NO8/c1-6-8-10-12-14-16-18-20-22-24-26-28-30-32-34-36-38-40-41-42-44-46-48-50-52-54-56-58-60-62-64-66-68-70-72-74-81(86)92-79(78-91-83(82(87)88)89-76-75-84(3,4)5)77-90-80(85)73-71-69-67-65-63-61-59-57-55-53-51-49-47-45-43-39-37-35-33-31-29-27-25-23-21-19-17-15-13-11-9-7-2/h24,26,79,83H,6-23,25,27-78H2,1-5H3/p+1/b26-24-. The highest BCUT2D eigenvalue weighted by Gasteiger charge is 2.25. The van der Waals surface area contributed by atoms with Crippen LogP contribution in [0, 0.1) is 0 Å². The summed E-state index contributed by atoms with van der Waals surface area (Å²) >= 11 is 0. The molecular weight excluding hydrogens is 1140 g/mol. The molecule has 2 unspecified atom stereocenters. The topological polar surface area (TPSA) is 108 Å². The third kappa shape index (κ3) is 75.4. The van der Waals surface area contributed by atoms with E-state index in [4.69, 9.17) is 18.9 Å². The molecule has 0 aromatic rings. The normalized spacial score (nSPS) is 12.6. The number of hydrogen-bond donors (Lipinski definition) is 1. The summed E-state index contributed by atoms with van der Waals surface area (Å²) in [5.41, 5.74) is 0. The van der Waals surface area contributed by atoms with Gasteiger partial charge in [0.25, 0.3) is 6.29 Å². The molecule has 0 aromatic heterocycles. The zero-order chi connectivity index (χ0) is 66.8. The summed E-state index contributed by atoms with van der Waals surface area (Å²) in [6, 6.07) is 0. The van der Waals surface area contributed by atoms with E-state index in [9.17, 15) is 19.5 Å². The van der Waals surface area contributed by atoms with Gasteiger partial charge in [-0.25, -0.2) is 4.79 Å². The van der Waals surface area contributed by atoms with Crippen molar-refractivity contribution in [1.82, 2.24) is 0 Å². The minimum Gasteiger partial charge on any atom is -0.477 e. The second-order valence-corrected chi connectivity index (χ2v) is 29.8. The van der Waals surface area contributed by atoms with Gasteiger partial charge in [0.2, 0.25) is 0 Å². The lowest BCUT2D eigenvalue weighted by atomic mass is 10.0. The van der Waals surface area contributed by atoms with E-state index < -0.39 is 18.4 Å². The smallest absolute Gasteiger partial charge is 0.361 e. The second-order valence-electron chi connectivity index (χ2n) is 29.8. The number of rotatable bonds is 79. The SMILES string of the molecule is CCCCCCCCCC/C=C\CCCCCCCCCCCCCCCCCCCCCCCCCC(=O)OC(COC(=O)CCCCCCCCCCCCCCCCCCCCCCCCCCCCCCCCCC)COC(OCC[N+](C)(C)C)C(=O)O. The molecule has 0 heterocycles. The molecule has 0 bridgehead atoms. The molecule has 0 amide bonds. The molecule has 0 saturated heterocycles.